The van der Waals surface area contributed by atoms with Crippen molar-refractivity contribution < 1.29 is 14.3 Å². The van der Waals surface area contributed by atoms with Crippen molar-refractivity contribution in [3.8, 4) is 11.5 Å². The van der Waals surface area contributed by atoms with Crippen molar-refractivity contribution in [1.29, 1.82) is 0 Å². The fraction of sp³-hybridized carbons (Fsp3) is 0.389. The van der Waals surface area contributed by atoms with Crippen LogP contribution in [-0.4, -0.2) is 48.7 Å². The quantitative estimate of drug-likeness (QED) is 0.859. The SMILES string of the molecule is Cc1ccc(C(=O)N2CCN(Cc3ccc4c(c3)OCO4)CC2)s1. The number of ether oxygens (including phenoxy) is 2. The van der Waals surface area contributed by atoms with Crippen LogP contribution in [0, 0.1) is 6.92 Å². The van der Waals surface area contributed by atoms with E-state index in [1.54, 1.807) is 11.3 Å². The Morgan fingerprint density at radius 2 is 1.88 bits per heavy atom. The largest absolute Gasteiger partial charge is 0.454 e. The average molecular weight is 344 g/mol. The van der Waals surface area contributed by atoms with Crippen molar-refractivity contribution >= 4 is 17.2 Å². The van der Waals surface area contributed by atoms with Gasteiger partial charge in [-0.1, -0.05) is 6.07 Å². The van der Waals surface area contributed by atoms with Gasteiger partial charge in [0, 0.05) is 37.6 Å². The Hall–Kier alpha value is -2.05. The van der Waals surface area contributed by atoms with Crippen LogP contribution in [0.15, 0.2) is 30.3 Å². The standard InChI is InChI=1S/C18H20N2O3S/c1-13-2-5-17(24-13)18(21)20-8-6-19(7-9-20)11-14-3-4-15-16(10-14)23-12-22-15/h2-5,10H,6-9,11-12H2,1H3. The number of amides is 1. The second-order valence-corrected chi connectivity index (χ2v) is 7.45. The molecule has 4 rings (SSSR count). The minimum atomic E-state index is 0.163. The van der Waals surface area contributed by atoms with Crippen molar-refractivity contribution in [3.05, 3.63) is 45.6 Å². The van der Waals surface area contributed by atoms with Crippen LogP contribution < -0.4 is 9.47 Å². The molecule has 0 atom stereocenters. The van der Waals surface area contributed by atoms with E-state index in [1.807, 2.05) is 36.1 Å². The maximum atomic E-state index is 12.5. The van der Waals surface area contributed by atoms with Gasteiger partial charge >= 0.3 is 0 Å². The van der Waals surface area contributed by atoms with Crippen molar-refractivity contribution in [2.45, 2.75) is 13.5 Å². The third kappa shape index (κ3) is 3.12. The van der Waals surface area contributed by atoms with Crippen molar-refractivity contribution in [2.24, 2.45) is 0 Å². The molecule has 1 saturated heterocycles. The second-order valence-electron chi connectivity index (χ2n) is 6.17. The molecule has 1 amide bonds. The third-order valence-corrected chi connectivity index (χ3v) is 5.44. The van der Waals surface area contributed by atoms with Gasteiger partial charge in [-0.3, -0.25) is 9.69 Å². The smallest absolute Gasteiger partial charge is 0.264 e. The number of rotatable bonds is 3. The van der Waals surface area contributed by atoms with Crippen LogP contribution in [0.5, 0.6) is 11.5 Å². The van der Waals surface area contributed by atoms with Crippen LogP contribution in [0.4, 0.5) is 0 Å². The highest BCUT2D eigenvalue weighted by atomic mass is 32.1. The number of fused-ring (bicyclic) bond motifs is 1. The minimum absolute atomic E-state index is 0.163. The average Bonchev–Trinajstić information content (AvgIpc) is 3.23. The minimum Gasteiger partial charge on any atom is -0.454 e. The predicted molar refractivity (Wildman–Crippen MR) is 92.8 cm³/mol. The zero-order chi connectivity index (χ0) is 16.5. The van der Waals surface area contributed by atoms with Gasteiger partial charge in [0.05, 0.1) is 4.88 Å². The summed E-state index contributed by atoms with van der Waals surface area (Å²) in [5.41, 5.74) is 1.22. The molecule has 0 spiro atoms. The number of piperazine rings is 1. The van der Waals surface area contributed by atoms with Crippen molar-refractivity contribution in [2.75, 3.05) is 33.0 Å². The molecule has 0 unspecified atom stereocenters. The fourth-order valence-corrected chi connectivity index (χ4v) is 3.95. The van der Waals surface area contributed by atoms with Gasteiger partial charge in [-0.25, -0.2) is 0 Å². The van der Waals surface area contributed by atoms with Gasteiger partial charge in [0.15, 0.2) is 11.5 Å². The Morgan fingerprint density at radius 3 is 2.62 bits per heavy atom. The maximum absolute atomic E-state index is 12.5. The lowest BCUT2D eigenvalue weighted by atomic mass is 10.1. The molecule has 0 radical (unpaired) electrons. The Labute approximate surface area is 145 Å². The topological polar surface area (TPSA) is 42.0 Å². The van der Waals surface area contributed by atoms with Crippen LogP contribution in [0.3, 0.4) is 0 Å². The number of hydrogen-bond donors (Lipinski definition) is 0. The van der Waals surface area contributed by atoms with E-state index in [0.717, 1.165) is 49.1 Å². The Morgan fingerprint density at radius 1 is 1.08 bits per heavy atom. The number of nitrogens with zero attached hydrogens (tertiary/aromatic N) is 2. The number of carbonyl (C=O) groups is 1. The molecule has 1 aromatic carbocycles. The van der Waals surface area contributed by atoms with E-state index in [1.165, 1.54) is 10.4 Å². The molecular formula is C18H20N2O3S. The van der Waals surface area contributed by atoms with E-state index >= 15 is 0 Å². The van der Waals surface area contributed by atoms with Gasteiger partial charge in [-0.15, -0.1) is 11.3 Å². The lowest BCUT2D eigenvalue weighted by Gasteiger charge is -2.34. The van der Waals surface area contributed by atoms with E-state index in [4.69, 9.17) is 9.47 Å². The Balaban J connectivity index is 1.34. The zero-order valence-electron chi connectivity index (χ0n) is 13.7. The molecule has 3 heterocycles. The summed E-state index contributed by atoms with van der Waals surface area (Å²) in [4.78, 5) is 18.9. The Bertz CT molecular complexity index is 750. The summed E-state index contributed by atoms with van der Waals surface area (Å²) in [5.74, 6) is 1.81. The van der Waals surface area contributed by atoms with Crippen molar-refractivity contribution in [1.82, 2.24) is 9.80 Å². The molecule has 1 aromatic heterocycles. The van der Waals surface area contributed by atoms with E-state index in [0.29, 0.717) is 6.79 Å². The molecule has 1 fully saturated rings. The monoisotopic (exact) mass is 344 g/mol. The number of thiophene rings is 1. The van der Waals surface area contributed by atoms with Crippen molar-refractivity contribution in [3.63, 3.8) is 0 Å². The second kappa shape index (κ2) is 6.45. The first-order chi connectivity index (χ1) is 11.7. The van der Waals surface area contributed by atoms with E-state index in [-0.39, 0.29) is 5.91 Å². The summed E-state index contributed by atoms with van der Waals surface area (Å²) in [7, 11) is 0. The summed E-state index contributed by atoms with van der Waals surface area (Å²) in [6.45, 7) is 6.55. The summed E-state index contributed by atoms with van der Waals surface area (Å²) < 4.78 is 10.8. The first-order valence-electron chi connectivity index (χ1n) is 8.15. The highest BCUT2D eigenvalue weighted by Crippen LogP contribution is 2.32. The van der Waals surface area contributed by atoms with Gasteiger partial charge in [0.25, 0.3) is 5.91 Å². The Kier molecular flexibility index (Phi) is 4.16. The van der Waals surface area contributed by atoms with Gasteiger partial charge in [0.1, 0.15) is 0 Å². The molecule has 2 aliphatic rings. The third-order valence-electron chi connectivity index (χ3n) is 4.45. The first-order valence-corrected chi connectivity index (χ1v) is 8.97. The van der Waals surface area contributed by atoms with Crippen LogP contribution in [0.1, 0.15) is 20.1 Å². The lowest BCUT2D eigenvalue weighted by molar-refractivity contribution is 0.0633. The first kappa shape index (κ1) is 15.5. The predicted octanol–water partition coefficient (Wildman–Crippen LogP) is 2.74. The van der Waals surface area contributed by atoms with Gasteiger partial charge in [-0.2, -0.15) is 0 Å². The molecule has 0 N–H and O–H groups in total. The number of benzene rings is 1. The highest BCUT2D eigenvalue weighted by Gasteiger charge is 2.23. The number of aryl methyl sites for hydroxylation is 1. The molecule has 2 aromatic rings. The molecular weight excluding hydrogens is 324 g/mol. The lowest BCUT2D eigenvalue weighted by Crippen LogP contribution is -2.48. The number of carbonyl (C=O) groups excluding carboxylic acids is 1. The van der Waals surface area contributed by atoms with Gasteiger partial charge in [0.2, 0.25) is 6.79 Å². The summed E-state index contributed by atoms with van der Waals surface area (Å²) in [6, 6.07) is 10.0. The van der Waals surface area contributed by atoms with E-state index < -0.39 is 0 Å². The van der Waals surface area contributed by atoms with E-state index in [9.17, 15) is 4.79 Å². The van der Waals surface area contributed by atoms with Crippen LogP contribution in [-0.2, 0) is 6.54 Å². The number of hydrogen-bond acceptors (Lipinski definition) is 5. The molecule has 5 nitrogen and oxygen atoms in total. The fourth-order valence-electron chi connectivity index (χ4n) is 3.11. The molecule has 126 valence electrons. The van der Waals surface area contributed by atoms with Crippen LogP contribution >= 0.6 is 11.3 Å². The van der Waals surface area contributed by atoms with Crippen LogP contribution in [0.25, 0.3) is 0 Å². The molecule has 6 heteroatoms. The highest BCUT2D eigenvalue weighted by molar-refractivity contribution is 7.13. The molecule has 0 aliphatic carbocycles. The molecule has 24 heavy (non-hydrogen) atoms. The molecule has 0 bridgehead atoms. The normalized spacial score (nSPS) is 17.3. The van der Waals surface area contributed by atoms with Gasteiger partial charge in [-0.05, 0) is 36.8 Å². The summed E-state index contributed by atoms with van der Waals surface area (Å²) >= 11 is 1.57. The van der Waals surface area contributed by atoms with Gasteiger partial charge < -0.3 is 14.4 Å². The molecule has 2 aliphatic heterocycles. The van der Waals surface area contributed by atoms with Crippen LogP contribution in [0.2, 0.25) is 0 Å². The van der Waals surface area contributed by atoms with E-state index in [2.05, 4.69) is 11.0 Å². The summed E-state index contributed by atoms with van der Waals surface area (Å²) in [5, 5.41) is 0. The summed E-state index contributed by atoms with van der Waals surface area (Å²) in [6.07, 6.45) is 0. The molecule has 0 saturated carbocycles. The zero-order valence-corrected chi connectivity index (χ0v) is 14.5. The maximum Gasteiger partial charge on any atom is 0.264 e.